The van der Waals surface area contributed by atoms with Crippen molar-refractivity contribution in [1.82, 2.24) is 0 Å². The van der Waals surface area contributed by atoms with E-state index in [2.05, 4.69) is 4.74 Å². The average Bonchev–Trinajstić information content (AvgIpc) is 2.14. The van der Waals surface area contributed by atoms with Crippen molar-refractivity contribution in [3.8, 4) is 5.75 Å². The predicted molar refractivity (Wildman–Crippen MR) is 57.2 cm³/mol. The van der Waals surface area contributed by atoms with Gasteiger partial charge in [-0.15, -0.1) is 0 Å². The normalized spacial score (nSPS) is 10.6. The van der Waals surface area contributed by atoms with Crippen molar-refractivity contribution in [3.63, 3.8) is 0 Å². The maximum absolute atomic E-state index is 12.1. The van der Waals surface area contributed by atoms with Crippen molar-refractivity contribution in [1.29, 1.82) is 0 Å². The van der Waals surface area contributed by atoms with E-state index in [1.54, 1.807) is 6.92 Å². The number of hydrogen-bond donors (Lipinski definition) is 0. The second-order valence-corrected chi connectivity index (χ2v) is 3.56. The van der Waals surface area contributed by atoms with E-state index in [-0.39, 0.29) is 11.5 Å². The highest BCUT2D eigenvalue weighted by Gasteiger charge is 2.13. The van der Waals surface area contributed by atoms with Crippen LogP contribution in [0.25, 0.3) is 0 Å². The number of ether oxygens (including phenoxy) is 1. The molecule has 0 heterocycles. The Morgan fingerprint density at radius 1 is 1.44 bits per heavy atom. The molecular formula is C12H14F2O2. The molecule has 1 rings (SSSR count). The Balaban J connectivity index is 3.21. The highest BCUT2D eigenvalue weighted by molar-refractivity contribution is 5.97. The smallest absolute Gasteiger partial charge is 0.387 e. The molecule has 0 aliphatic carbocycles. The number of aryl methyl sites for hydroxylation is 2. The molecule has 0 aromatic heterocycles. The molecule has 0 radical (unpaired) electrons. The summed E-state index contributed by atoms with van der Waals surface area (Å²) in [6.45, 7) is 2.21. The van der Waals surface area contributed by atoms with Gasteiger partial charge in [-0.25, -0.2) is 0 Å². The van der Waals surface area contributed by atoms with E-state index in [0.717, 1.165) is 5.56 Å². The Morgan fingerprint density at radius 2 is 2.06 bits per heavy atom. The molecule has 2 nitrogen and oxygen atoms in total. The third kappa shape index (κ3) is 2.78. The number of halogens is 2. The predicted octanol–water partition coefficient (Wildman–Crippen LogP) is 3.36. The van der Waals surface area contributed by atoms with Gasteiger partial charge in [-0.05, 0) is 43.5 Å². The summed E-state index contributed by atoms with van der Waals surface area (Å²) in [4.78, 5) is 11.4. The summed E-state index contributed by atoms with van der Waals surface area (Å²) in [6, 6.07) is 2.96. The summed E-state index contributed by atoms with van der Waals surface area (Å²) in [5.74, 6) is 0.0484. The molecule has 0 atom stereocenters. The number of ketones is 1. The van der Waals surface area contributed by atoms with Gasteiger partial charge >= 0.3 is 6.61 Å². The molecule has 88 valence electrons. The first-order valence-electron chi connectivity index (χ1n) is 5.05. The summed E-state index contributed by atoms with van der Waals surface area (Å²) in [5.41, 5.74) is 2.01. The molecule has 0 N–H and O–H groups in total. The molecule has 0 saturated heterocycles. The van der Waals surface area contributed by atoms with Crippen LogP contribution in [0.4, 0.5) is 8.78 Å². The minimum atomic E-state index is -2.84. The van der Waals surface area contributed by atoms with Crippen LogP contribution in [0.5, 0.6) is 5.75 Å². The van der Waals surface area contributed by atoms with Crippen molar-refractivity contribution in [3.05, 3.63) is 28.8 Å². The number of Topliss-reactive ketones (excluding diaryl/α,β-unsaturated/α-hetero) is 1. The Labute approximate surface area is 93.2 Å². The maximum atomic E-state index is 12.1. The van der Waals surface area contributed by atoms with E-state index in [1.807, 2.05) is 6.92 Å². The summed E-state index contributed by atoms with van der Waals surface area (Å²) in [6.07, 6.45) is 0.607. The zero-order chi connectivity index (χ0) is 12.3. The first-order valence-corrected chi connectivity index (χ1v) is 5.05. The van der Waals surface area contributed by atoms with Gasteiger partial charge in [0.25, 0.3) is 0 Å². The minimum Gasteiger partial charge on any atom is -0.435 e. The maximum Gasteiger partial charge on any atom is 0.387 e. The lowest BCUT2D eigenvalue weighted by molar-refractivity contribution is -0.0499. The van der Waals surface area contributed by atoms with Crippen LogP contribution in [0.15, 0.2) is 12.1 Å². The van der Waals surface area contributed by atoms with Gasteiger partial charge in [-0.1, -0.05) is 6.92 Å². The standard InChI is InChI=1S/C12H14F2O2/c1-4-9-6-10(16-12(13)14)5-7(2)11(9)8(3)15/h5-6,12H,4H2,1-3H3. The van der Waals surface area contributed by atoms with Gasteiger partial charge in [0.15, 0.2) is 5.78 Å². The lowest BCUT2D eigenvalue weighted by Gasteiger charge is -2.12. The molecule has 0 aliphatic heterocycles. The molecule has 16 heavy (non-hydrogen) atoms. The summed E-state index contributed by atoms with van der Waals surface area (Å²) in [7, 11) is 0. The van der Waals surface area contributed by atoms with Crippen molar-refractivity contribution < 1.29 is 18.3 Å². The third-order valence-electron chi connectivity index (χ3n) is 2.35. The van der Waals surface area contributed by atoms with Crippen LogP contribution in [0, 0.1) is 6.92 Å². The third-order valence-corrected chi connectivity index (χ3v) is 2.35. The molecule has 0 aliphatic rings. The van der Waals surface area contributed by atoms with Gasteiger partial charge in [0.1, 0.15) is 5.75 Å². The summed E-state index contributed by atoms with van der Waals surface area (Å²) < 4.78 is 28.4. The van der Waals surface area contributed by atoms with Crippen LogP contribution in [0.1, 0.15) is 35.3 Å². The summed E-state index contributed by atoms with van der Waals surface area (Å²) in [5, 5.41) is 0. The van der Waals surface area contributed by atoms with E-state index >= 15 is 0 Å². The fourth-order valence-electron chi connectivity index (χ4n) is 1.78. The molecule has 0 spiro atoms. The van der Waals surface area contributed by atoms with E-state index in [4.69, 9.17) is 0 Å². The number of carbonyl (C=O) groups excluding carboxylic acids is 1. The van der Waals surface area contributed by atoms with Crippen LogP contribution in [-0.4, -0.2) is 12.4 Å². The molecule has 0 fully saturated rings. The average molecular weight is 228 g/mol. The highest BCUT2D eigenvalue weighted by Crippen LogP contribution is 2.24. The van der Waals surface area contributed by atoms with Crippen molar-refractivity contribution in [2.24, 2.45) is 0 Å². The number of alkyl halides is 2. The molecular weight excluding hydrogens is 214 g/mol. The Morgan fingerprint density at radius 3 is 2.50 bits per heavy atom. The second-order valence-electron chi connectivity index (χ2n) is 3.56. The fourth-order valence-corrected chi connectivity index (χ4v) is 1.78. The van der Waals surface area contributed by atoms with Gasteiger partial charge in [-0.2, -0.15) is 8.78 Å². The number of rotatable bonds is 4. The molecule has 4 heteroatoms. The van der Waals surface area contributed by atoms with Gasteiger partial charge in [0.05, 0.1) is 0 Å². The monoisotopic (exact) mass is 228 g/mol. The Kier molecular flexibility index (Phi) is 3.99. The highest BCUT2D eigenvalue weighted by atomic mass is 19.3. The summed E-state index contributed by atoms with van der Waals surface area (Å²) >= 11 is 0. The molecule has 0 amide bonds. The van der Waals surface area contributed by atoms with Crippen LogP contribution >= 0.6 is 0 Å². The Hall–Kier alpha value is -1.45. The van der Waals surface area contributed by atoms with E-state index in [9.17, 15) is 13.6 Å². The van der Waals surface area contributed by atoms with Gasteiger partial charge in [0.2, 0.25) is 0 Å². The zero-order valence-electron chi connectivity index (χ0n) is 9.51. The minimum absolute atomic E-state index is 0.0575. The lowest BCUT2D eigenvalue weighted by Crippen LogP contribution is -2.06. The molecule has 1 aromatic carbocycles. The van der Waals surface area contributed by atoms with Crippen LogP contribution < -0.4 is 4.74 Å². The van der Waals surface area contributed by atoms with Crippen molar-refractivity contribution in [2.45, 2.75) is 33.8 Å². The lowest BCUT2D eigenvalue weighted by atomic mass is 9.97. The number of benzene rings is 1. The molecule has 0 bridgehead atoms. The van der Waals surface area contributed by atoms with E-state index < -0.39 is 6.61 Å². The van der Waals surface area contributed by atoms with Crippen molar-refractivity contribution >= 4 is 5.78 Å². The zero-order valence-corrected chi connectivity index (χ0v) is 9.51. The number of carbonyl (C=O) groups is 1. The largest absolute Gasteiger partial charge is 0.435 e. The molecule has 0 saturated carbocycles. The van der Waals surface area contributed by atoms with E-state index in [1.165, 1.54) is 19.1 Å². The first kappa shape index (κ1) is 12.6. The molecule has 1 aromatic rings. The molecule has 0 unspecified atom stereocenters. The topological polar surface area (TPSA) is 26.3 Å². The van der Waals surface area contributed by atoms with Gasteiger partial charge in [0, 0.05) is 5.56 Å². The van der Waals surface area contributed by atoms with Crippen LogP contribution in [-0.2, 0) is 6.42 Å². The first-order chi connectivity index (χ1) is 7.45. The SMILES string of the molecule is CCc1cc(OC(F)F)cc(C)c1C(C)=O. The van der Waals surface area contributed by atoms with E-state index in [0.29, 0.717) is 17.5 Å². The van der Waals surface area contributed by atoms with Gasteiger partial charge < -0.3 is 4.74 Å². The number of hydrogen-bond acceptors (Lipinski definition) is 2. The van der Waals surface area contributed by atoms with Crippen molar-refractivity contribution in [2.75, 3.05) is 0 Å². The Bertz CT molecular complexity index is 400. The van der Waals surface area contributed by atoms with Crippen LogP contribution in [0.2, 0.25) is 0 Å². The second kappa shape index (κ2) is 5.05. The quantitative estimate of drug-likeness (QED) is 0.738. The fraction of sp³-hybridized carbons (Fsp3) is 0.417. The van der Waals surface area contributed by atoms with Crippen LogP contribution in [0.3, 0.4) is 0 Å². The van der Waals surface area contributed by atoms with Gasteiger partial charge in [-0.3, -0.25) is 4.79 Å².